The molecule has 0 aliphatic heterocycles. The first-order valence-corrected chi connectivity index (χ1v) is 8.29. The van der Waals surface area contributed by atoms with Crippen molar-refractivity contribution in [2.75, 3.05) is 19.0 Å². The average molecular weight is 335 g/mol. The van der Waals surface area contributed by atoms with Gasteiger partial charge in [0.15, 0.2) is 4.90 Å². The molecule has 0 fully saturated rings. The van der Waals surface area contributed by atoms with E-state index in [0.717, 1.165) is 11.3 Å². The number of nitrogens with one attached hydrogen (secondary N) is 1. The van der Waals surface area contributed by atoms with Crippen molar-refractivity contribution in [2.45, 2.75) is 11.4 Å². The predicted octanol–water partition coefficient (Wildman–Crippen LogP) is 2.14. The molecule has 2 rings (SSSR count). The first-order chi connectivity index (χ1) is 10.8. The van der Waals surface area contributed by atoms with Gasteiger partial charge in [0, 0.05) is 32.4 Å². The van der Waals surface area contributed by atoms with Crippen LogP contribution >= 0.6 is 0 Å². The minimum Gasteiger partial charge on any atom is -0.378 e. The summed E-state index contributed by atoms with van der Waals surface area (Å²) in [4.78, 5) is 11.8. The van der Waals surface area contributed by atoms with Crippen LogP contribution < -0.4 is 9.62 Å². The number of sulfonamides is 1. The molecular formula is C15H17N3O4S. The lowest BCUT2D eigenvalue weighted by Crippen LogP contribution is -2.24. The smallest absolute Gasteiger partial charge is 0.289 e. The molecule has 2 aromatic carbocycles. The minimum atomic E-state index is -3.96. The second kappa shape index (κ2) is 6.76. The highest BCUT2D eigenvalue weighted by molar-refractivity contribution is 7.89. The molecule has 2 aromatic rings. The molecule has 0 saturated carbocycles. The number of hydrogen-bond donors (Lipinski definition) is 1. The number of para-hydroxylation sites is 1. The van der Waals surface area contributed by atoms with E-state index < -0.39 is 20.6 Å². The Morgan fingerprint density at radius 1 is 1.09 bits per heavy atom. The summed E-state index contributed by atoms with van der Waals surface area (Å²) in [5.74, 6) is 0. The summed E-state index contributed by atoms with van der Waals surface area (Å²) in [6.45, 7) is 0.0576. The van der Waals surface area contributed by atoms with Crippen molar-refractivity contribution in [3.8, 4) is 0 Å². The van der Waals surface area contributed by atoms with Crippen molar-refractivity contribution in [1.29, 1.82) is 0 Å². The quantitative estimate of drug-likeness (QED) is 0.645. The number of nitro groups is 1. The molecule has 0 bridgehead atoms. The Labute approximate surface area is 134 Å². The van der Waals surface area contributed by atoms with E-state index in [1.54, 1.807) is 12.1 Å². The van der Waals surface area contributed by atoms with Gasteiger partial charge in [0.2, 0.25) is 10.0 Å². The van der Waals surface area contributed by atoms with Crippen LogP contribution in [0.3, 0.4) is 0 Å². The van der Waals surface area contributed by atoms with Gasteiger partial charge in [0.05, 0.1) is 4.92 Å². The summed E-state index contributed by atoms with van der Waals surface area (Å²) >= 11 is 0. The Morgan fingerprint density at radius 3 is 2.26 bits per heavy atom. The number of nitrogens with zero attached hydrogens (tertiary/aromatic N) is 2. The molecule has 1 N–H and O–H groups in total. The van der Waals surface area contributed by atoms with Gasteiger partial charge in [-0.25, -0.2) is 13.1 Å². The number of benzene rings is 2. The summed E-state index contributed by atoms with van der Waals surface area (Å²) in [6.07, 6.45) is 0. The molecule has 0 amide bonds. The molecule has 0 saturated heterocycles. The molecular weight excluding hydrogens is 318 g/mol. The van der Waals surface area contributed by atoms with Crippen LogP contribution in [0.15, 0.2) is 53.4 Å². The molecule has 0 unspecified atom stereocenters. The van der Waals surface area contributed by atoms with Gasteiger partial charge in [-0.1, -0.05) is 24.3 Å². The zero-order valence-electron chi connectivity index (χ0n) is 12.8. The van der Waals surface area contributed by atoms with Gasteiger partial charge < -0.3 is 4.90 Å². The van der Waals surface area contributed by atoms with Crippen LogP contribution in [0.2, 0.25) is 0 Å². The van der Waals surface area contributed by atoms with E-state index in [2.05, 4.69) is 4.72 Å². The fraction of sp³-hybridized carbons (Fsp3) is 0.200. The molecule has 8 heteroatoms. The van der Waals surface area contributed by atoms with Crippen molar-refractivity contribution in [2.24, 2.45) is 0 Å². The van der Waals surface area contributed by atoms with Crippen LogP contribution in [-0.4, -0.2) is 27.4 Å². The molecule has 0 spiro atoms. The van der Waals surface area contributed by atoms with Gasteiger partial charge in [-0.3, -0.25) is 10.1 Å². The third-order valence-corrected chi connectivity index (χ3v) is 4.72. The molecule has 0 radical (unpaired) electrons. The van der Waals surface area contributed by atoms with E-state index in [1.165, 1.54) is 24.3 Å². The Kier molecular flexibility index (Phi) is 4.97. The van der Waals surface area contributed by atoms with E-state index in [9.17, 15) is 18.5 Å². The number of rotatable bonds is 6. The van der Waals surface area contributed by atoms with Gasteiger partial charge in [-0.05, 0) is 23.8 Å². The van der Waals surface area contributed by atoms with Crippen molar-refractivity contribution in [3.63, 3.8) is 0 Å². The number of anilines is 1. The third kappa shape index (κ3) is 4.05. The van der Waals surface area contributed by atoms with Crippen molar-refractivity contribution in [1.82, 2.24) is 4.72 Å². The second-order valence-corrected chi connectivity index (χ2v) is 6.85. The maximum atomic E-state index is 12.3. The second-order valence-electron chi connectivity index (χ2n) is 5.11. The van der Waals surface area contributed by atoms with Crippen molar-refractivity contribution in [3.05, 3.63) is 64.2 Å². The standard InChI is InChI=1S/C15H17N3O4S/c1-17(2)13-9-7-12(8-10-13)11-16-23(21,22)15-6-4-3-5-14(15)18(19)20/h3-10,16H,11H2,1-2H3. The Hall–Kier alpha value is -2.45. The highest BCUT2D eigenvalue weighted by Gasteiger charge is 2.24. The van der Waals surface area contributed by atoms with Gasteiger partial charge in [0.1, 0.15) is 0 Å². The first-order valence-electron chi connectivity index (χ1n) is 6.80. The summed E-state index contributed by atoms with van der Waals surface area (Å²) in [7, 11) is -0.145. The SMILES string of the molecule is CN(C)c1ccc(CNS(=O)(=O)c2ccccc2[N+](=O)[O-])cc1. The van der Waals surface area contributed by atoms with E-state index in [-0.39, 0.29) is 11.4 Å². The average Bonchev–Trinajstić information content (AvgIpc) is 2.53. The van der Waals surface area contributed by atoms with Crippen molar-refractivity contribution >= 4 is 21.4 Å². The van der Waals surface area contributed by atoms with Crippen LogP contribution in [0.4, 0.5) is 11.4 Å². The first kappa shape index (κ1) is 16.9. The maximum Gasteiger partial charge on any atom is 0.289 e. The van der Waals surface area contributed by atoms with Crippen LogP contribution in [-0.2, 0) is 16.6 Å². The Bertz CT molecular complexity index is 802. The van der Waals surface area contributed by atoms with Crippen LogP contribution in [0.1, 0.15) is 5.56 Å². The lowest BCUT2D eigenvalue weighted by Gasteiger charge is -2.13. The lowest BCUT2D eigenvalue weighted by molar-refractivity contribution is -0.387. The molecule has 0 aliphatic carbocycles. The maximum absolute atomic E-state index is 12.3. The molecule has 0 aliphatic rings. The highest BCUT2D eigenvalue weighted by Crippen LogP contribution is 2.23. The van der Waals surface area contributed by atoms with Crippen LogP contribution in [0.25, 0.3) is 0 Å². The molecule has 0 atom stereocenters. The minimum absolute atomic E-state index is 0.0576. The predicted molar refractivity (Wildman–Crippen MR) is 87.9 cm³/mol. The Balaban J connectivity index is 2.18. The molecule has 23 heavy (non-hydrogen) atoms. The topological polar surface area (TPSA) is 92.6 Å². The zero-order valence-corrected chi connectivity index (χ0v) is 13.6. The number of nitro benzene ring substituents is 1. The summed E-state index contributed by atoms with van der Waals surface area (Å²) < 4.78 is 27.0. The van der Waals surface area contributed by atoms with E-state index in [1.807, 2.05) is 31.1 Å². The van der Waals surface area contributed by atoms with Gasteiger partial charge >= 0.3 is 0 Å². The third-order valence-electron chi connectivity index (χ3n) is 3.27. The van der Waals surface area contributed by atoms with Crippen LogP contribution in [0.5, 0.6) is 0 Å². The fourth-order valence-electron chi connectivity index (χ4n) is 2.00. The zero-order chi connectivity index (χ0) is 17.0. The van der Waals surface area contributed by atoms with E-state index in [0.29, 0.717) is 0 Å². The monoisotopic (exact) mass is 335 g/mol. The fourth-order valence-corrected chi connectivity index (χ4v) is 3.19. The van der Waals surface area contributed by atoms with E-state index >= 15 is 0 Å². The largest absolute Gasteiger partial charge is 0.378 e. The number of hydrogen-bond acceptors (Lipinski definition) is 5. The highest BCUT2D eigenvalue weighted by atomic mass is 32.2. The van der Waals surface area contributed by atoms with Gasteiger partial charge in [-0.15, -0.1) is 0 Å². The Morgan fingerprint density at radius 2 is 1.70 bits per heavy atom. The van der Waals surface area contributed by atoms with Crippen molar-refractivity contribution < 1.29 is 13.3 Å². The molecule has 0 heterocycles. The molecule has 0 aromatic heterocycles. The normalized spacial score (nSPS) is 11.2. The summed E-state index contributed by atoms with van der Waals surface area (Å²) in [6, 6.07) is 12.6. The van der Waals surface area contributed by atoms with Crippen LogP contribution in [0, 0.1) is 10.1 Å². The lowest BCUT2D eigenvalue weighted by atomic mass is 10.2. The summed E-state index contributed by atoms with van der Waals surface area (Å²) in [5.41, 5.74) is 1.32. The molecule has 122 valence electrons. The molecule has 7 nitrogen and oxygen atoms in total. The van der Waals surface area contributed by atoms with Gasteiger partial charge in [0.25, 0.3) is 5.69 Å². The van der Waals surface area contributed by atoms with E-state index in [4.69, 9.17) is 0 Å². The summed E-state index contributed by atoms with van der Waals surface area (Å²) in [5, 5.41) is 11.0. The van der Waals surface area contributed by atoms with Gasteiger partial charge in [-0.2, -0.15) is 0 Å².